The fourth-order valence-electron chi connectivity index (χ4n) is 1.67. The molecule has 0 saturated carbocycles. The molecule has 1 rings (SSSR count). The van der Waals surface area contributed by atoms with E-state index >= 15 is 0 Å². The Hall–Kier alpha value is -1.03. The molecule has 0 radical (unpaired) electrons. The fourth-order valence-corrected chi connectivity index (χ4v) is 3.79. The molecule has 1 aromatic rings. The van der Waals surface area contributed by atoms with E-state index in [4.69, 9.17) is 4.74 Å². The standard InChI is InChI=1S/C13H20O3S/c1-10-6-7-11(16-5)12(8-10)17(14,15)9-13(2,3)4/h6-8H,9H2,1-5H3. The molecule has 0 amide bonds. The van der Waals surface area contributed by atoms with E-state index in [0.717, 1.165) is 5.56 Å². The van der Waals surface area contributed by atoms with Gasteiger partial charge in [-0.2, -0.15) is 0 Å². The minimum atomic E-state index is -3.31. The van der Waals surface area contributed by atoms with Crippen LogP contribution in [0.1, 0.15) is 26.3 Å². The van der Waals surface area contributed by atoms with Crippen molar-refractivity contribution in [3.63, 3.8) is 0 Å². The van der Waals surface area contributed by atoms with E-state index in [9.17, 15) is 8.42 Å². The van der Waals surface area contributed by atoms with Gasteiger partial charge in [0, 0.05) is 0 Å². The van der Waals surface area contributed by atoms with Gasteiger partial charge in [0.15, 0.2) is 9.84 Å². The smallest absolute Gasteiger partial charge is 0.182 e. The molecule has 0 spiro atoms. The lowest BCUT2D eigenvalue weighted by Crippen LogP contribution is -2.21. The van der Waals surface area contributed by atoms with Crippen molar-refractivity contribution in [3.8, 4) is 5.75 Å². The summed E-state index contributed by atoms with van der Waals surface area (Å²) in [7, 11) is -1.82. The van der Waals surface area contributed by atoms with Crippen LogP contribution in [-0.4, -0.2) is 21.3 Å². The zero-order valence-electron chi connectivity index (χ0n) is 11.1. The number of hydrogen-bond donors (Lipinski definition) is 0. The van der Waals surface area contributed by atoms with E-state index in [1.807, 2.05) is 33.8 Å². The summed E-state index contributed by atoms with van der Waals surface area (Å²) in [6.45, 7) is 7.60. The second kappa shape index (κ2) is 4.69. The largest absolute Gasteiger partial charge is 0.495 e. The van der Waals surface area contributed by atoms with Crippen LogP contribution >= 0.6 is 0 Å². The fraction of sp³-hybridized carbons (Fsp3) is 0.538. The van der Waals surface area contributed by atoms with Gasteiger partial charge in [-0.3, -0.25) is 0 Å². The summed E-state index contributed by atoms with van der Waals surface area (Å²) < 4.78 is 29.7. The van der Waals surface area contributed by atoms with Crippen LogP contribution in [0, 0.1) is 12.3 Å². The topological polar surface area (TPSA) is 43.4 Å². The van der Waals surface area contributed by atoms with Crippen LogP contribution in [0.15, 0.2) is 23.1 Å². The van der Waals surface area contributed by atoms with Crippen LogP contribution in [0.4, 0.5) is 0 Å². The summed E-state index contributed by atoms with van der Waals surface area (Å²) in [6, 6.07) is 5.21. The highest BCUT2D eigenvalue weighted by atomic mass is 32.2. The third-order valence-electron chi connectivity index (χ3n) is 2.28. The summed E-state index contributed by atoms with van der Waals surface area (Å²) in [5, 5.41) is 0. The van der Waals surface area contributed by atoms with Crippen LogP contribution in [0.3, 0.4) is 0 Å². The number of benzene rings is 1. The number of rotatable bonds is 3. The van der Waals surface area contributed by atoms with E-state index < -0.39 is 9.84 Å². The molecule has 0 aromatic heterocycles. The number of hydrogen-bond acceptors (Lipinski definition) is 3. The molecule has 96 valence electrons. The monoisotopic (exact) mass is 256 g/mol. The molecule has 0 N–H and O–H groups in total. The van der Waals surface area contributed by atoms with Crippen molar-refractivity contribution >= 4 is 9.84 Å². The van der Waals surface area contributed by atoms with Crippen molar-refractivity contribution < 1.29 is 13.2 Å². The van der Waals surface area contributed by atoms with Crippen molar-refractivity contribution in [2.45, 2.75) is 32.6 Å². The van der Waals surface area contributed by atoms with Crippen molar-refractivity contribution in [3.05, 3.63) is 23.8 Å². The Morgan fingerprint density at radius 3 is 2.29 bits per heavy atom. The molecule has 1 aromatic carbocycles. The first-order chi connectivity index (χ1) is 7.65. The predicted octanol–water partition coefficient (Wildman–Crippen LogP) is 2.82. The van der Waals surface area contributed by atoms with Gasteiger partial charge in [0.25, 0.3) is 0 Å². The first-order valence-electron chi connectivity index (χ1n) is 5.53. The molecule has 0 bridgehead atoms. The number of sulfone groups is 1. The molecule has 0 aliphatic carbocycles. The van der Waals surface area contributed by atoms with Gasteiger partial charge in [-0.1, -0.05) is 26.8 Å². The first kappa shape index (κ1) is 14.0. The van der Waals surface area contributed by atoms with Crippen LogP contribution < -0.4 is 4.74 Å². The van der Waals surface area contributed by atoms with Gasteiger partial charge >= 0.3 is 0 Å². The van der Waals surface area contributed by atoms with E-state index in [1.165, 1.54) is 7.11 Å². The molecule has 3 nitrogen and oxygen atoms in total. The zero-order valence-corrected chi connectivity index (χ0v) is 11.9. The maximum Gasteiger partial charge on any atom is 0.182 e. The Kier molecular flexibility index (Phi) is 3.87. The van der Waals surface area contributed by atoms with Crippen molar-refractivity contribution in [1.82, 2.24) is 0 Å². The Labute approximate surface area is 104 Å². The quantitative estimate of drug-likeness (QED) is 0.835. The summed E-state index contributed by atoms with van der Waals surface area (Å²) in [4.78, 5) is 0.287. The molecule has 0 aliphatic rings. The third kappa shape index (κ3) is 3.73. The average molecular weight is 256 g/mol. The first-order valence-corrected chi connectivity index (χ1v) is 7.18. The molecule has 0 saturated heterocycles. The van der Waals surface area contributed by atoms with Crippen molar-refractivity contribution in [2.75, 3.05) is 12.9 Å². The highest BCUT2D eigenvalue weighted by molar-refractivity contribution is 7.91. The van der Waals surface area contributed by atoms with Crippen LogP contribution in [0.25, 0.3) is 0 Å². The lowest BCUT2D eigenvalue weighted by atomic mass is 10.0. The minimum absolute atomic E-state index is 0.111. The lowest BCUT2D eigenvalue weighted by molar-refractivity contribution is 0.401. The Balaban J connectivity index is 3.28. The number of methoxy groups -OCH3 is 1. The molecule has 0 unspecified atom stereocenters. The van der Waals surface area contributed by atoms with Crippen molar-refractivity contribution in [2.24, 2.45) is 5.41 Å². The maximum atomic E-state index is 12.3. The van der Waals surface area contributed by atoms with Gasteiger partial charge < -0.3 is 4.74 Å². The minimum Gasteiger partial charge on any atom is -0.495 e. The maximum absolute atomic E-state index is 12.3. The van der Waals surface area contributed by atoms with Crippen LogP contribution in [0.2, 0.25) is 0 Å². The molecule has 0 fully saturated rings. The molecular formula is C13H20O3S. The van der Waals surface area contributed by atoms with Gasteiger partial charge in [0.05, 0.1) is 12.9 Å². The van der Waals surface area contributed by atoms with Gasteiger partial charge in [0.2, 0.25) is 0 Å². The van der Waals surface area contributed by atoms with Crippen LogP contribution in [0.5, 0.6) is 5.75 Å². The highest BCUT2D eigenvalue weighted by Gasteiger charge is 2.26. The summed E-state index contributed by atoms with van der Waals surface area (Å²) in [5.74, 6) is 0.527. The Bertz CT molecular complexity index is 496. The molecule has 0 aliphatic heterocycles. The van der Waals surface area contributed by atoms with Gasteiger partial charge in [-0.25, -0.2) is 8.42 Å². The predicted molar refractivity (Wildman–Crippen MR) is 69.2 cm³/mol. The highest BCUT2D eigenvalue weighted by Crippen LogP contribution is 2.29. The van der Waals surface area contributed by atoms with Gasteiger partial charge in [-0.05, 0) is 30.0 Å². The second-order valence-corrected chi connectivity index (χ2v) is 7.43. The van der Waals surface area contributed by atoms with E-state index in [2.05, 4.69) is 0 Å². The number of ether oxygens (including phenoxy) is 1. The van der Waals surface area contributed by atoms with Gasteiger partial charge in [0.1, 0.15) is 10.6 Å². The second-order valence-electron chi connectivity index (χ2n) is 5.47. The normalized spacial score (nSPS) is 12.5. The Morgan fingerprint density at radius 1 is 1.24 bits per heavy atom. The van der Waals surface area contributed by atoms with Crippen LogP contribution in [-0.2, 0) is 9.84 Å². The molecular weight excluding hydrogens is 236 g/mol. The average Bonchev–Trinajstić information content (AvgIpc) is 2.14. The molecule has 0 atom stereocenters. The SMILES string of the molecule is COc1ccc(C)cc1S(=O)(=O)CC(C)(C)C. The molecule has 17 heavy (non-hydrogen) atoms. The van der Waals surface area contributed by atoms with E-state index in [0.29, 0.717) is 5.75 Å². The summed E-state index contributed by atoms with van der Waals surface area (Å²) in [6.07, 6.45) is 0. The van der Waals surface area contributed by atoms with E-state index in [-0.39, 0.29) is 16.1 Å². The zero-order chi connectivity index (χ0) is 13.3. The van der Waals surface area contributed by atoms with Crippen molar-refractivity contribution in [1.29, 1.82) is 0 Å². The number of aryl methyl sites for hydroxylation is 1. The molecule has 0 heterocycles. The Morgan fingerprint density at radius 2 is 1.82 bits per heavy atom. The van der Waals surface area contributed by atoms with Gasteiger partial charge in [-0.15, -0.1) is 0 Å². The third-order valence-corrected chi connectivity index (χ3v) is 4.51. The lowest BCUT2D eigenvalue weighted by Gasteiger charge is -2.19. The summed E-state index contributed by atoms with van der Waals surface area (Å²) in [5.41, 5.74) is 0.645. The molecule has 4 heteroatoms. The summed E-state index contributed by atoms with van der Waals surface area (Å²) >= 11 is 0. The van der Waals surface area contributed by atoms with E-state index in [1.54, 1.807) is 12.1 Å².